The van der Waals surface area contributed by atoms with E-state index in [4.69, 9.17) is 5.73 Å². The van der Waals surface area contributed by atoms with E-state index in [0.29, 0.717) is 23.7 Å². The Kier molecular flexibility index (Phi) is 4.97. The van der Waals surface area contributed by atoms with Crippen LogP contribution in [-0.2, 0) is 13.0 Å². The van der Waals surface area contributed by atoms with Gasteiger partial charge in [0.1, 0.15) is 5.52 Å². The molecule has 0 radical (unpaired) electrons. The van der Waals surface area contributed by atoms with Crippen LogP contribution in [0.1, 0.15) is 37.9 Å². The molecule has 0 spiro atoms. The fraction of sp³-hybridized carbons (Fsp3) is 0.412. The third kappa shape index (κ3) is 3.62. The maximum Gasteiger partial charge on any atom is 0.328 e. The predicted molar refractivity (Wildman–Crippen MR) is 98.7 cm³/mol. The lowest BCUT2D eigenvalue weighted by Crippen LogP contribution is -2.18. The number of H-pyrrole nitrogens is 1. The lowest BCUT2D eigenvalue weighted by Gasteiger charge is -2.07. The summed E-state index contributed by atoms with van der Waals surface area (Å²) < 4.78 is 1.56. The van der Waals surface area contributed by atoms with Crippen LogP contribution in [0.5, 0.6) is 0 Å². The number of hydrogen-bond donors (Lipinski definition) is 3. The van der Waals surface area contributed by atoms with Crippen molar-refractivity contribution in [2.24, 2.45) is 0 Å². The quantitative estimate of drug-likeness (QED) is 0.566. The number of anilines is 2. The summed E-state index contributed by atoms with van der Waals surface area (Å²) in [4.78, 5) is 28.1. The van der Waals surface area contributed by atoms with Crippen LogP contribution in [0.15, 0.2) is 23.1 Å². The van der Waals surface area contributed by atoms with Crippen LogP contribution in [-0.4, -0.2) is 31.0 Å². The molecule has 0 fully saturated rings. The van der Waals surface area contributed by atoms with Gasteiger partial charge in [0.15, 0.2) is 11.5 Å². The highest BCUT2D eigenvalue weighted by Gasteiger charge is 2.14. The maximum atomic E-state index is 12.3. The molecule has 3 heterocycles. The topological polar surface area (TPSA) is 115 Å². The van der Waals surface area contributed by atoms with Crippen molar-refractivity contribution in [3.8, 4) is 0 Å². The fourth-order valence-electron chi connectivity index (χ4n) is 2.59. The molecule has 3 aromatic rings. The second kappa shape index (κ2) is 7.33. The molecule has 0 unspecified atom stereocenters. The maximum absolute atomic E-state index is 12.3. The molecule has 0 saturated heterocycles. The molecule has 132 valence electrons. The number of unbranched alkanes of at least 4 members (excludes halogenated alkanes) is 1. The second-order valence-electron chi connectivity index (χ2n) is 5.94. The molecule has 0 aliphatic rings. The highest BCUT2D eigenvalue weighted by Crippen LogP contribution is 2.17. The monoisotopic (exact) mass is 341 g/mol. The van der Waals surface area contributed by atoms with Gasteiger partial charge in [0.25, 0.3) is 0 Å². The molecule has 8 heteroatoms. The van der Waals surface area contributed by atoms with Crippen LogP contribution in [0.3, 0.4) is 0 Å². The van der Waals surface area contributed by atoms with Gasteiger partial charge in [-0.3, -0.25) is 9.55 Å². The minimum Gasteiger partial charge on any atom is -0.382 e. The van der Waals surface area contributed by atoms with Gasteiger partial charge in [0.05, 0.1) is 6.54 Å². The van der Waals surface area contributed by atoms with Crippen LogP contribution in [0.2, 0.25) is 0 Å². The molecule has 25 heavy (non-hydrogen) atoms. The molecular weight excluding hydrogens is 318 g/mol. The van der Waals surface area contributed by atoms with E-state index in [0.717, 1.165) is 37.1 Å². The average molecular weight is 341 g/mol. The van der Waals surface area contributed by atoms with E-state index in [2.05, 4.69) is 39.1 Å². The standard InChI is InChI=1S/C17H23N7O/c1-3-5-8-19-16-22-14(18)13-15(23-16)24(17(25)21-13)10-11-6-7-12(4-2)20-9-11/h6-7,9H,3-5,8,10H2,1-2H3,(H,21,25)(H3,18,19,22,23). The van der Waals surface area contributed by atoms with Crippen molar-refractivity contribution in [2.75, 3.05) is 17.6 Å². The summed E-state index contributed by atoms with van der Waals surface area (Å²) in [6, 6.07) is 3.94. The minimum atomic E-state index is -0.263. The summed E-state index contributed by atoms with van der Waals surface area (Å²) >= 11 is 0. The molecule has 8 nitrogen and oxygen atoms in total. The molecule has 4 N–H and O–H groups in total. The summed E-state index contributed by atoms with van der Waals surface area (Å²) in [6.45, 7) is 5.31. The van der Waals surface area contributed by atoms with Crippen molar-refractivity contribution in [3.05, 3.63) is 40.1 Å². The van der Waals surface area contributed by atoms with Gasteiger partial charge in [-0.05, 0) is 24.5 Å². The van der Waals surface area contributed by atoms with Gasteiger partial charge in [0, 0.05) is 18.4 Å². The Morgan fingerprint density at radius 1 is 1.28 bits per heavy atom. The zero-order valence-electron chi connectivity index (χ0n) is 14.5. The Morgan fingerprint density at radius 3 is 2.80 bits per heavy atom. The van der Waals surface area contributed by atoms with E-state index in [1.54, 1.807) is 10.8 Å². The van der Waals surface area contributed by atoms with Crippen molar-refractivity contribution in [1.29, 1.82) is 0 Å². The number of hydrogen-bond acceptors (Lipinski definition) is 6. The van der Waals surface area contributed by atoms with Crippen LogP contribution in [0.4, 0.5) is 11.8 Å². The molecule has 0 aliphatic heterocycles. The van der Waals surface area contributed by atoms with Gasteiger partial charge in [0.2, 0.25) is 5.95 Å². The molecule has 3 rings (SSSR count). The van der Waals surface area contributed by atoms with Crippen molar-refractivity contribution < 1.29 is 0 Å². The van der Waals surface area contributed by atoms with Crippen LogP contribution in [0.25, 0.3) is 11.2 Å². The van der Waals surface area contributed by atoms with E-state index in [1.807, 2.05) is 12.1 Å². The number of pyridine rings is 1. The summed E-state index contributed by atoms with van der Waals surface area (Å²) in [5.74, 6) is 0.699. The first-order valence-electron chi connectivity index (χ1n) is 8.56. The number of nitrogens with two attached hydrogens (primary N) is 1. The van der Waals surface area contributed by atoms with Crippen LogP contribution >= 0.6 is 0 Å². The van der Waals surface area contributed by atoms with Gasteiger partial charge < -0.3 is 16.0 Å². The zero-order valence-corrected chi connectivity index (χ0v) is 14.5. The molecule has 0 aliphatic carbocycles. The van der Waals surface area contributed by atoms with Gasteiger partial charge in [-0.15, -0.1) is 0 Å². The summed E-state index contributed by atoms with van der Waals surface area (Å²) in [5.41, 5.74) is 8.63. The first-order chi connectivity index (χ1) is 12.1. The van der Waals surface area contributed by atoms with E-state index in [9.17, 15) is 4.79 Å². The molecule has 0 bridgehead atoms. The highest BCUT2D eigenvalue weighted by molar-refractivity contribution is 5.82. The van der Waals surface area contributed by atoms with Crippen molar-refractivity contribution in [3.63, 3.8) is 0 Å². The number of nitrogen functional groups attached to an aromatic ring is 1. The zero-order chi connectivity index (χ0) is 17.8. The highest BCUT2D eigenvalue weighted by atomic mass is 16.1. The summed E-state index contributed by atoms with van der Waals surface area (Å²) in [7, 11) is 0. The van der Waals surface area contributed by atoms with Crippen molar-refractivity contribution in [1.82, 2.24) is 24.5 Å². The molecule has 0 amide bonds. The molecule has 0 atom stereocenters. The predicted octanol–water partition coefficient (Wildman–Crippen LogP) is 1.92. The smallest absolute Gasteiger partial charge is 0.328 e. The number of aryl methyl sites for hydroxylation is 1. The van der Waals surface area contributed by atoms with Gasteiger partial charge in [-0.1, -0.05) is 26.3 Å². The number of rotatable bonds is 7. The van der Waals surface area contributed by atoms with Crippen LogP contribution < -0.4 is 16.7 Å². The Labute approximate surface area is 145 Å². The molecule has 0 aromatic carbocycles. The number of fused-ring (bicyclic) bond motifs is 1. The van der Waals surface area contributed by atoms with E-state index >= 15 is 0 Å². The van der Waals surface area contributed by atoms with E-state index in [-0.39, 0.29) is 11.5 Å². The van der Waals surface area contributed by atoms with Gasteiger partial charge in [-0.2, -0.15) is 9.97 Å². The fourth-order valence-corrected chi connectivity index (χ4v) is 2.59. The number of imidazole rings is 1. The van der Waals surface area contributed by atoms with Gasteiger partial charge in [-0.25, -0.2) is 4.79 Å². The molecular formula is C17H23N7O. The SMILES string of the molecule is CCCCNc1nc(N)c2[nH]c(=O)n(Cc3ccc(CC)nc3)c2n1. The van der Waals surface area contributed by atoms with Crippen molar-refractivity contribution in [2.45, 2.75) is 39.7 Å². The second-order valence-corrected chi connectivity index (χ2v) is 5.94. The Balaban J connectivity index is 1.95. The number of aromatic nitrogens is 5. The normalized spacial score (nSPS) is 11.1. The first kappa shape index (κ1) is 16.9. The Bertz CT molecular complexity index is 911. The molecule has 0 saturated carbocycles. The lowest BCUT2D eigenvalue weighted by atomic mass is 10.2. The lowest BCUT2D eigenvalue weighted by molar-refractivity contribution is 0.771. The Morgan fingerprint density at radius 2 is 2.12 bits per heavy atom. The van der Waals surface area contributed by atoms with Crippen LogP contribution in [0, 0.1) is 0 Å². The van der Waals surface area contributed by atoms with E-state index < -0.39 is 0 Å². The summed E-state index contributed by atoms with van der Waals surface area (Å²) in [5, 5.41) is 3.15. The van der Waals surface area contributed by atoms with E-state index in [1.165, 1.54) is 0 Å². The number of aromatic amines is 1. The number of nitrogens with zero attached hydrogens (tertiary/aromatic N) is 4. The molecule has 3 aromatic heterocycles. The largest absolute Gasteiger partial charge is 0.382 e. The minimum absolute atomic E-state index is 0.263. The third-order valence-corrected chi connectivity index (χ3v) is 4.05. The first-order valence-corrected chi connectivity index (χ1v) is 8.56. The Hall–Kier alpha value is -2.90. The summed E-state index contributed by atoms with van der Waals surface area (Å²) in [6.07, 6.45) is 4.75. The van der Waals surface area contributed by atoms with Crippen molar-refractivity contribution >= 4 is 22.9 Å². The average Bonchev–Trinajstić information content (AvgIpc) is 2.93. The van der Waals surface area contributed by atoms with Gasteiger partial charge >= 0.3 is 5.69 Å². The third-order valence-electron chi connectivity index (χ3n) is 4.05. The number of nitrogens with one attached hydrogen (secondary N) is 2.